The molecule has 2 heterocycles. The SMILES string of the molecule is Cc1cc(CN2CCCC2)cc(-c2ccc(C(=O)N3CCOCC3)cc2)c1. The second-order valence-corrected chi connectivity index (χ2v) is 7.67. The van der Waals surface area contributed by atoms with E-state index < -0.39 is 0 Å². The van der Waals surface area contributed by atoms with Crippen molar-refractivity contribution >= 4 is 5.91 Å². The summed E-state index contributed by atoms with van der Waals surface area (Å²) >= 11 is 0. The fourth-order valence-electron chi connectivity index (χ4n) is 4.07. The Morgan fingerprint density at radius 3 is 2.33 bits per heavy atom. The van der Waals surface area contributed by atoms with Crippen molar-refractivity contribution in [2.75, 3.05) is 39.4 Å². The Morgan fingerprint density at radius 1 is 0.926 bits per heavy atom. The van der Waals surface area contributed by atoms with E-state index in [0.717, 1.165) is 12.1 Å². The third kappa shape index (κ3) is 4.40. The van der Waals surface area contributed by atoms with Crippen LogP contribution in [0, 0.1) is 6.92 Å². The highest BCUT2D eigenvalue weighted by molar-refractivity contribution is 5.94. The van der Waals surface area contributed by atoms with E-state index in [2.05, 4.69) is 42.2 Å². The van der Waals surface area contributed by atoms with Crippen molar-refractivity contribution in [2.24, 2.45) is 0 Å². The minimum absolute atomic E-state index is 0.101. The van der Waals surface area contributed by atoms with Crippen LogP contribution in [0.2, 0.25) is 0 Å². The maximum Gasteiger partial charge on any atom is 0.254 e. The monoisotopic (exact) mass is 364 g/mol. The fourth-order valence-corrected chi connectivity index (χ4v) is 4.07. The first-order chi connectivity index (χ1) is 13.2. The zero-order valence-electron chi connectivity index (χ0n) is 16.1. The van der Waals surface area contributed by atoms with Crippen molar-refractivity contribution in [3.63, 3.8) is 0 Å². The number of nitrogens with zero attached hydrogens (tertiary/aromatic N) is 2. The van der Waals surface area contributed by atoms with Crippen molar-refractivity contribution in [3.8, 4) is 11.1 Å². The van der Waals surface area contributed by atoms with Gasteiger partial charge in [0.05, 0.1) is 13.2 Å². The molecule has 4 heteroatoms. The Hall–Kier alpha value is -2.17. The van der Waals surface area contributed by atoms with Gasteiger partial charge in [0.25, 0.3) is 5.91 Å². The maximum absolute atomic E-state index is 12.6. The van der Waals surface area contributed by atoms with Crippen LogP contribution in [0.4, 0.5) is 0 Å². The second kappa shape index (κ2) is 8.24. The molecule has 2 aromatic rings. The van der Waals surface area contributed by atoms with Crippen molar-refractivity contribution in [2.45, 2.75) is 26.3 Å². The van der Waals surface area contributed by atoms with Crippen LogP contribution in [0.5, 0.6) is 0 Å². The largest absolute Gasteiger partial charge is 0.378 e. The standard InChI is InChI=1S/C23H28N2O2/c1-18-14-19(17-24-8-2-3-9-24)16-22(15-18)20-4-6-21(7-5-20)23(26)25-10-12-27-13-11-25/h4-7,14-16H,2-3,8-13,17H2,1H3. The molecule has 0 bridgehead atoms. The minimum Gasteiger partial charge on any atom is -0.378 e. The topological polar surface area (TPSA) is 32.8 Å². The molecule has 0 radical (unpaired) electrons. The number of ether oxygens (including phenoxy) is 1. The van der Waals surface area contributed by atoms with E-state index in [9.17, 15) is 4.79 Å². The molecular weight excluding hydrogens is 336 g/mol. The summed E-state index contributed by atoms with van der Waals surface area (Å²) in [6, 6.07) is 14.9. The van der Waals surface area contributed by atoms with Gasteiger partial charge in [-0.3, -0.25) is 9.69 Å². The van der Waals surface area contributed by atoms with Gasteiger partial charge in [0, 0.05) is 25.2 Å². The molecule has 4 nitrogen and oxygen atoms in total. The van der Waals surface area contributed by atoms with Gasteiger partial charge in [-0.15, -0.1) is 0 Å². The number of carbonyl (C=O) groups is 1. The second-order valence-electron chi connectivity index (χ2n) is 7.67. The summed E-state index contributed by atoms with van der Waals surface area (Å²) in [5, 5.41) is 0. The molecule has 2 aliphatic heterocycles. The molecule has 0 unspecified atom stereocenters. The Labute approximate surface area is 161 Å². The van der Waals surface area contributed by atoms with E-state index in [0.29, 0.717) is 26.3 Å². The van der Waals surface area contributed by atoms with E-state index >= 15 is 0 Å². The van der Waals surface area contributed by atoms with E-state index in [1.165, 1.54) is 48.2 Å². The Morgan fingerprint density at radius 2 is 1.63 bits per heavy atom. The quantitative estimate of drug-likeness (QED) is 0.829. The van der Waals surface area contributed by atoms with Crippen LogP contribution in [-0.4, -0.2) is 55.1 Å². The zero-order valence-corrected chi connectivity index (χ0v) is 16.1. The maximum atomic E-state index is 12.6. The van der Waals surface area contributed by atoms with Crippen LogP contribution in [0.25, 0.3) is 11.1 Å². The van der Waals surface area contributed by atoms with Crippen LogP contribution in [-0.2, 0) is 11.3 Å². The summed E-state index contributed by atoms with van der Waals surface area (Å²) in [6.45, 7) is 8.23. The average Bonchev–Trinajstić information content (AvgIpc) is 3.21. The minimum atomic E-state index is 0.101. The third-order valence-electron chi connectivity index (χ3n) is 5.51. The number of rotatable bonds is 4. The van der Waals surface area contributed by atoms with Crippen molar-refractivity contribution in [3.05, 3.63) is 59.2 Å². The van der Waals surface area contributed by atoms with Crippen LogP contribution in [0.1, 0.15) is 34.3 Å². The highest BCUT2D eigenvalue weighted by Gasteiger charge is 2.18. The number of aryl methyl sites for hydroxylation is 1. The molecule has 0 spiro atoms. The molecule has 2 fully saturated rings. The fraction of sp³-hybridized carbons (Fsp3) is 0.435. The number of amides is 1. The molecule has 0 saturated carbocycles. The predicted molar refractivity (Wildman–Crippen MR) is 108 cm³/mol. The number of likely N-dealkylation sites (tertiary alicyclic amines) is 1. The lowest BCUT2D eigenvalue weighted by molar-refractivity contribution is 0.0303. The van der Waals surface area contributed by atoms with Crippen LogP contribution < -0.4 is 0 Å². The van der Waals surface area contributed by atoms with Crippen molar-refractivity contribution < 1.29 is 9.53 Å². The molecule has 2 saturated heterocycles. The van der Waals surface area contributed by atoms with Gasteiger partial charge in [-0.2, -0.15) is 0 Å². The molecule has 4 rings (SSSR count). The number of hydrogen-bond donors (Lipinski definition) is 0. The lowest BCUT2D eigenvalue weighted by Crippen LogP contribution is -2.40. The Balaban J connectivity index is 1.51. The first-order valence-electron chi connectivity index (χ1n) is 9.99. The van der Waals surface area contributed by atoms with Gasteiger partial charge in [-0.05, 0) is 67.7 Å². The van der Waals surface area contributed by atoms with E-state index in [1.807, 2.05) is 17.0 Å². The number of morpholine rings is 1. The first-order valence-corrected chi connectivity index (χ1v) is 9.99. The van der Waals surface area contributed by atoms with E-state index in [4.69, 9.17) is 4.74 Å². The summed E-state index contributed by atoms with van der Waals surface area (Å²) in [7, 11) is 0. The van der Waals surface area contributed by atoms with Gasteiger partial charge < -0.3 is 9.64 Å². The number of benzene rings is 2. The smallest absolute Gasteiger partial charge is 0.254 e. The van der Waals surface area contributed by atoms with Gasteiger partial charge in [-0.1, -0.05) is 29.8 Å². The van der Waals surface area contributed by atoms with E-state index in [1.54, 1.807) is 0 Å². The van der Waals surface area contributed by atoms with Crippen molar-refractivity contribution in [1.82, 2.24) is 9.80 Å². The summed E-state index contributed by atoms with van der Waals surface area (Å²) in [6.07, 6.45) is 2.63. The molecule has 0 aromatic heterocycles. The van der Waals surface area contributed by atoms with E-state index in [-0.39, 0.29) is 5.91 Å². The van der Waals surface area contributed by atoms with Gasteiger partial charge >= 0.3 is 0 Å². The summed E-state index contributed by atoms with van der Waals surface area (Å²) in [5.74, 6) is 0.101. The lowest BCUT2D eigenvalue weighted by atomic mass is 9.99. The van der Waals surface area contributed by atoms with Crippen LogP contribution >= 0.6 is 0 Å². The summed E-state index contributed by atoms with van der Waals surface area (Å²) in [5.41, 5.74) is 5.82. The first kappa shape index (κ1) is 18.2. The molecule has 0 aliphatic carbocycles. The van der Waals surface area contributed by atoms with Crippen LogP contribution in [0.3, 0.4) is 0 Å². The highest BCUT2D eigenvalue weighted by atomic mass is 16.5. The van der Waals surface area contributed by atoms with Crippen LogP contribution in [0.15, 0.2) is 42.5 Å². The molecule has 2 aromatic carbocycles. The Bertz CT molecular complexity index is 789. The predicted octanol–water partition coefficient (Wildman–Crippen LogP) is 3.73. The van der Waals surface area contributed by atoms with Gasteiger partial charge in [-0.25, -0.2) is 0 Å². The molecule has 1 amide bonds. The molecule has 27 heavy (non-hydrogen) atoms. The zero-order chi connectivity index (χ0) is 18.6. The molecule has 0 N–H and O–H groups in total. The summed E-state index contributed by atoms with van der Waals surface area (Å²) in [4.78, 5) is 17.0. The highest BCUT2D eigenvalue weighted by Crippen LogP contribution is 2.25. The lowest BCUT2D eigenvalue weighted by Gasteiger charge is -2.26. The van der Waals surface area contributed by atoms with Gasteiger partial charge in [0.2, 0.25) is 0 Å². The average molecular weight is 364 g/mol. The normalized spacial score (nSPS) is 18.0. The molecule has 142 valence electrons. The molecule has 2 aliphatic rings. The summed E-state index contributed by atoms with van der Waals surface area (Å²) < 4.78 is 5.34. The number of hydrogen-bond acceptors (Lipinski definition) is 3. The molecular formula is C23H28N2O2. The Kier molecular flexibility index (Phi) is 5.55. The van der Waals surface area contributed by atoms with Crippen molar-refractivity contribution in [1.29, 1.82) is 0 Å². The molecule has 0 atom stereocenters. The van der Waals surface area contributed by atoms with Gasteiger partial charge in [0.1, 0.15) is 0 Å². The third-order valence-corrected chi connectivity index (χ3v) is 5.51. The van der Waals surface area contributed by atoms with Gasteiger partial charge in [0.15, 0.2) is 0 Å². The number of carbonyl (C=O) groups excluding carboxylic acids is 1.